The Morgan fingerprint density at radius 2 is 1.18 bits per heavy atom. The van der Waals surface area contributed by atoms with Crippen LogP contribution in [0.1, 0.15) is 121 Å². The molecule has 2 aliphatic rings. The average Bonchev–Trinajstić information content (AvgIpc) is 3.96. The Morgan fingerprint density at radius 1 is 0.708 bits per heavy atom. The molecule has 16 heteroatoms. The fourth-order valence-electron chi connectivity index (χ4n) is 7.93. The lowest BCUT2D eigenvalue weighted by Crippen LogP contribution is -2.41. The van der Waals surface area contributed by atoms with Gasteiger partial charge in [-0.2, -0.15) is 0 Å². The monoisotopic (exact) mass is 1080 g/mol. The van der Waals surface area contributed by atoms with E-state index in [1.54, 1.807) is 40.1 Å². The Kier molecular flexibility index (Phi) is 15.3. The summed E-state index contributed by atoms with van der Waals surface area (Å²) in [5, 5.41) is 2.11. The Hall–Kier alpha value is -3.40. The summed E-state index contributed by atoms with van der Waals surface area (Å²) in [6.45, 7) is 21.9. The predicted octanol–water partition coefficient (Wildman–Crippen LogP) is 14.3. The summed E-state index contributed by atoms with van der Waals surface area (Å²) in [5.74, 6) is 0.713. The smallest absolute Gasteiger partial charge is 0.410 e. The molecule has 0 aliphatic carbocycles. The third kappa shape index (κ3) is 12.4. The molecule has 2 fully saturated rings. The first kappa shape index (κ1) is 49.5. The van der Waals surface area contributed by atoms with E-state index >= 15 is 0 Å². The fraction of sp³-hybridized carbons (Fsp3) is 0.469. The number of thiazole rings is 2. The molecule has 2 aliphatic heterocycles. The largest absolute Gasteiger partial charge is 0.444 e. The summed E-state index contributed by atoms with van der Waals surface area (Å²) in [7, 11) is 0. The topological polar surface area (TPSA) is 106 Å². The van der Waals surface area contributed by atoms with E-state index in [-0.39, 0.29) is 29.4 Å². The van der Waals surface area contributed by atoms with Gasteiger partial charge in [0.05, 0.1) is 16.3 Å². The molecule has 0 spiro atoms. The van der Waals surface area contributed by atoms with Crippen molar-refractivity contribution in [2.45, 2.75) is 123 Å². The van der Waals surface area contributed by atoms with Gasteiger partial charge in [0.2, 0.25) is 5.91 Å². The quantitative estimate of drug-likeness (QED) is 0.164. The minimum atomic E-state index is -0.471. The maximum absolute atomic E-state index is 13.0. The zero-order valence-corrected chi connectivity index (χ0v) is 44.8. The van der Waals surface area contributed by atoms with Gasteiger partial charge in [-0.25, -0.2) is 24.7 Å². The van der Waals surface area contributed by atoms with Crippen LogP contribution in [-0.2, 0) is 26.9 Å². The van der Waals surface area contributed by atoms with Gasteiger partial charge in [-0.15, -0.1) is 22.7 Å². The van der Waals surface area contributed by atoms with Gasteiger partial charge in [-0.1, -0.05) is 96.6 Å². The number of carbonyl (C=O) groups excluding carboxylic acids is 2. The van der Waals surface area contributed by atoms with Gasteiger partial charge >= 0.3 is 6.09 Å². The van der Waals surface area contributed by atoms with Crippen LogP contribution < -0.4 is 0 Å². The number of aromatic nitrogens is 5. The van der Waals surface area contributed by atoms with Gasteiger partial charge < -0.3 is 19.1 Å². The number of rotatable bonds is 6. The van der Waals surface area contributed by atoms with Crippen LogP contribution in [0.25, 0.3) is 33.7 Å². The molecule has 6 aromatic rings. The molecule has 6 heterocycles. The van der Waals surface area contributed by atoms with E-state index < -0.39 is 5.60 Å². The number of likely N-dealkylation sites (tertiary alicyclic amines) is 2. The normalized spacial score (nSPS) is 15.6. The van der Waals surface area contributed by atoms with Crippen molar-refractivity contribution in [2.75, 3.05) is 26.2 Å². The minimum Gasteiger partial charge on any atom is -0.444 e. The van der Waals surface area contributed by atoms with E-state index in [1.807, 2.05) is 42.4 Å². The van der Waals surface area contributed by atoms with E-state index in [0.717, 1.165) is 87.0 Å². The highest BCUT2D eigenvalue weighted by atomic mass is 79.9. The number of benzene rings is 2. The van der Waals surface area contributed by atoms with Crippen molar-refractivity contribution >= 4 is 101 Å². The highest BCUT2D eigenvalue weighted by Gasteiger charge is 2.31. The molecule has 10 nitrogen and oxygen atoms in total. The van der Waals surface area contributed by atoms with Crippen molar-refractivity contribution in [1.29, 1.82) is 0 Å². The summed E-state index contributed by atoms with van der Waals surface area (Å²) in [5.41, 5.74) is 7.37. The number of nitrogens with zero attached hydrogens (tertiary/aromatic N) is 7. The molecule has 0 saturated carbocycles. The number of hydrogen-bond donors (Lipinski definition) is 0. The second kappa shape index (κ2) is 20.1. The van der Waals surface area contributed by atoms with Crippen LogP contribution >= 0.6 is 77.7 Å². The van der Waals surface area contributed by atoms with Crippen molar-refractivity contribution < 1.29 is 14.3 Å². The van der Waals surface area contributed by atoms with E-state index in [1.165, 1.54) is 11.1 Å². The Bertz CT molecular complexity index is 2660. The highest BCUT2D eigenvalue weighted by Crippen LogP contribution is 2.43. The standard InChI is InChI=1S/C26H27BrClN5OS.C23H30BrClN2O2S/c1-26(2,3)18-11-17(12-19(27)13-18)22-23(28)35-25(31-22)16-6-9-32(10-7-16)21(34)14-33-15-30-20-5-4-8-29-24(20)33;1-22(2,3)16-11-15(12-17(24)13-16)18-19(25)30-20(26-18)14-7-9-27(10-8-14)21(28)29-23(4,5)6/h4-5,8,11-13,15-16H,6-7,9-10,14H2,1-3H3;11-14H,7-10H2,1-6H3. The van der Waals surface area contributed by atoms with Crippen molar-refractivity contribution in [1.82, 2.24) is 34.3 Å². The molecule has 2 amide bonds. The zero-order valence-electron chi connectivity index (χ0n) is 38.5. The van der Waals surface area contributed by atoms with Crippen LogP contribution in [0, 0.1) is 0 Å². The molecule has 2 saturated heterocycles. The molecule has 2 aromatic carbocycles. The second-order valence-corrected chi connectivity index (χ2v) is 25.0. The summed E-state index contributed by atoms with van der Waals surface area (Å²) < 4.78 is 10.8. The molecule has 346 valence electrons. The maximum atomic E-state index is 13.0. The Balaban J connectivity index is 0.000000197. The van der Waals surface area contributed by atoms with Gasteiger partial charge in [-0.3, -0.25) is 4.79 Å². The molecule has 4 aromatic heterocycles. The first-order valence-corrected chi connectivity index (χ1v) is 26.0. The number of imidazole rings is 1. The van der Waals surface area contributed by atoms with Gasteiger partial charge in [-0.05, 0) is 117 Å². The summed E-state index contributed by atoms with van der Waals surface area (Å²) in [4.78, 5) is 47.6. The van der Waals surface area contributed by atoms with Crippen LogP contribution in [0.3, 0.4) is 0 Å². The number of hydrogen-bond acceptors (Lipinski definition) is 9. The number of piperidine rings is 2. The van der Waals surface area contributed by atoms with Crippen LogP contribution in [-0.4, -0.2) is 78.1 Å². The minimum absolute atomic E-state index is 0.0300. The van der Waals surface area contributed by atoms with E-state index in [9.17, 15) is 9.59 Å². The lowest BCUT2D eigenvalue weighted by molar-refractivity contribution is -0.132. The van der Waals surface area contributed by atoms with Gasteiger partial charge in [0.1, 0.15) is 37.7 Å². The molecule has 0 N–H and O–H groups in total. The predicted molar refractivity (Wildman–Crippen MR) is 274 cm³/mol. The van der Waals surface area contributed by atoms with E-state index in [0.29, 0.717) is 38.0 Å². The average molecular weight is 1090 g/mol. The molecule has 0 unspecified atom stereocenters. The number of pyridine rings is 1. The lowest BCUT2D eigenvalue weighted by atomic mass is 9.86. The molecule has 8 rings (SSSR count). The first-order chi connectivity index (χ1) is 30.5. The third-order valence-corrected chi connectivity index (χ3v) is 15.4. The summed E-state index contributed by atoms with van der Waals surface area (Å²) in [6.07, 6.45) is 6.68. The lowest BCUT2D eigenvalue weighted by Gasteiger charge is -2.32. The van der Waals surface area contributed by atoms with Gasteiger partial charge in [0, 0.05) is 64.3 Å². The molecular formula is C49H57Br2Cl2N7O3S2. The number of ether oxygens (including phenoxy) is 1. The van der Waals surface area contributed by atoms with Gasteiger partial charge in [0.25, 0.3) is 0 Å². The Labute approximate surface area is 417 Å². The number of halogens is 4. The second-order valence-electron chi connectivity index (χ2n) is 19.9. The van der Waals surface area contributed by atoms with E-state index in [2.05, 4.69) is 120 Å². The summed E-state index contributed by atoms with van der Waals surface area (Å²) in [6, 6.07) is 16.6. The van der Waals surface area contributed by atoms with Crippen LogP contribution in [0.15, 0.2) is 70.0 Å². The Morgan fingerprint density at radius 3 is 1.65 bits per heavy atom. The molecule has 0 atom stereocenters. The molecule has 0 radical (unpaired) electrons. The SMILES string of the molecule is CC(C)(C)OC(=O)N1CCC(c2nc(-c3cc(Br)cc(C(C)(C)C)c3)c(Cl)s2)CC1.CC(C)(C)c1cc(Br)cc(-c2nc(C3CCN(C(=O)Cn4cnc5cccnc54)CC3)sc2Cl)c1. The van der Waals surface area contributed by atoms with Crippen LogP contribution in [0.2, 0.25) is 8.67 Å². The number of amides is 2. The van der Waals surface area contributed by atoms with Crippen LogP contribution in [0.5, 0.6) is 0 Å². The number of fused-ring (bicyclic) bond motifs is 1. The highest BCUT2D eigenvalue weighted by molar-refractivity contribution is 9.10. The maximum Gasteiger partial charge on any atom is 0.410 e. The van der Waals surface area contributed by atoms with Crippen molar-refractivity contribution in [3.63, 3.8) is 0 Å². The zero-order chi connectivity index (χ0) is 47.0. The molecule has 65 heavy (non-hydrogen) atoms. The fourth-order valence-corrected chi connectivity index (χ4v) is 11.7. The van der Waals surface area contributed by atoms with Crippen LogP contribution in [0.4, 0.5) is 4.79 Å². The van der Waals surface area contributed by atoms with Gasteiger partial charge in [0.15, 0.2) is 5.65 Å². The van der Waals surface area contributed by atoms with Crippen molar-refractivity contribution in [2.24, 2.45) is 0 Å². The van der Waals surface area contributed by atoms with Crippen molar-refractivity contribution in [3.05, 3.63) is 99.8 Å². The third-order valence-electron chi connectivity index (χ3n) is 11.7. The van der Waals surface area contributed by atoms with Crippen molar-refractivity contribution in [3.8, 4) is 22.5 Å². The summed E-state index contributed by atoms with van der Waals surface area (Å²) >= 11 is 23.7. The molecule has 0 bridgehead atoms. The first-order valence-electron chi connectivity index (χ1n) is 22.0. The molecular weight excluding hydrogens is 1030 g/mol. The number of carbonyl (C=O) groups is 2. The van der Waals surface area contributed by atoms with E-state index in [4.69, 9.17) is 37.9 Å².